The van der Waals surface area contributed by atoms with Gasteiger partial charge in [0.15, 0.2) is 0 Å². The molecule has 1 atom stereocenters. The SMILES string of the molecule is CCc1cnc(N2CCC3(CC2)C[C@@H](c2ccccc2)C(=O)N3)nc1. The molecule has 0 radical (unpaired) electrons. The van der Waals surface area contributed by atoms with Crippen LogP contribution in [-0.4, -0.2) is 34.5 Å². The second-order valence-electron chi connectivity index (χ2n) is 7.17. The second-order valence-corrected chi connectivity index (χ2v) is 7.17. The van der Waals surface area contributed by atoms with E-state index in [0.717, 1.165) is 55.8 Å². The summed E-state index contributed by atoms with van der Waals surface area (Å²) in [6.45, 7) is 3.87. The van der Waals surface area contributed by atoms with Gasteiger partial charge in [-0.15, -0.1) is 0 Å². The van der Waals surface area contributed by atoms with E-state index in [9.17, 15) is 4.79 Å². The molecule has 5 nitrogen and oxygen atoms in total. The monoisotopic (exact) mass is 336 g/mol. The van der Waals surface area contributed by atoms with E-state index >= 15 is 0 Å². The summed E-state index contributed by atoms with van der Waals surface area (Å²) < 4.78 is 0. The number of benzene rings is 1. The highest BCUT2D eigenvalue weighted by molar-refractivity contribution is 5.87. The van der Waals surface area contributed by atoms with Crippen LogP contribution in [0, 0.1) is 0 Å². The largest absolute Gasteiger partial charge is 0.350 e. The molecule has 25 heavy (non-hydrogen) atoms. The first-order chi connectivity index (χ1) is 12.2. The lowest BCUT2D eigenvalue weighted by Crippen LogP contribution is -2.51. The Kier molecular flexibility index (Phi) is 4.15. The van der Waals surface area contributed by atoms with Crippen LogP contribution in [0.25, 0.3) is 0 Å². The zero-order valence-corrected chi connectivity index (χ0v) is 14.6. The maximum absolute atomic E-state index is 12.5. The number of carbonyl (C=O) groups excluding carboxylic acids is 1. The molecule has 0 saturated carbocycles. The van der Waals surface area contributed by atoms with Crippen molar-refractivity contribution in [1.29, 1.82) is 0 Å². The van der Waals surface area contributed by atoms with Gasteiger partial charge in [-0.05, 0) is 36.8 Å². The van der Waals surface area contributed by atoms with Gasteiger partial charge in [0, 0.05) is 31.0 Å². The molecule has 1 aromatic heterocycles. The number of carbonyl (C=O) groups is 1. The number of anilines is 1. The number of aromatic nitrogens is 2. The molecule has 2 saturated heterocycles. The molecule has 0 aliphatic carbocycles. The van der Waals surface area contributed by atoms with Crippen LogP contribution in [0.15, 0.2) is 42.7 Å². The lowest BCUT2D eigenvalue weighted by Gasteiger charge is -2.39. The van der Waals surface area contributed by atoms with Crippen LogP contribution in [0.4, 0.5) is 5.95 Å². The number of nitrogens with one attached hydrogen (secondary N) is 1. The zero-order valence-electron chi connectivity index (χ0n) is 14.6. The molecule has 5 heteroatoms. The number of aryl methyl sites for hydroxylation is 1. The zero-order chi connectivity index (χ0) is 17.3. The van der Waals surface area contributed by atoms with E-state index < -0.39 is 0 Å². The van der Waals surface area contributed by atoms with Crippen LogP contribution in [0.5, 0.6) is 0 Å². The summed E-state index contributed by atoms with van der Waals surface area (Å²) in [7, 11) is 0. The molecule has 1 aromatic carbocycles. The molecule has 2 aliphatic rings. The Balaban J connectivity index is 1.43. The average Bonchev–Trinajstić information content (AvgIpc) is 2.99. The standard InChI is InChI=1S/C20H24N4O/c1-2-15-13-21-19(22-14-15)24-10-8-20(9-11-24)12-17(18(25)23-20)16-6-4-3-5-7-16/h3-7,13-14,17H,2,8-12H2,1H3,(H,23,25)/t17-/m0/s1. The Labute approximate surface area is 148 Å². The van der Waals surface area contributed by atoms with Crippen molar-refractivity contribution in [2.45, 2.75) is 44.1 Å². The molecule has 2 fully saturated rings. The van der Waals surface area contributed by atoms with E-state index in [4.69, 9.17) is 0 Å². The predicted octanol–water partition coefficient (Wildman–Crippen LogP) is 2.68. The number of piperidine rings is 1. The number of nitrogens with zero attached hydrogens (tertiary/aromatic N) is 3. The van der Waals surface area contributed by atoms with E-state index in [1.54, 1.807) is 0 Å². The summed E-state index contributed by atoms with van der Waals surface area (Å²) in [6.07, 6.45) is 7.56. The first-order valence-electron chi connectivity index (χ1n) is 9.12. The Morgan fingerprint density at radius 1 is 1.16 bits per heavy atom. The van der Waals surface area contributed by atoms with E-state index in [0.29, 0.717) is 0 Å². The third-order valence-electron chi connectivity index (χ3n) is 5.60. The summed E-state index contributed by atoms with van der Waals surface area (Å²) in [5.74, 6) is 0.951. The fourth-order valence-corrected chi connectivity index (χ4v) is 4.00. The van der Waals surface area contributed by atoms with E-state index in [2.05, 4.69) is 39.2 Å². The van der Waals surface area contributed by atoms with Gasteiger partial charge in [-0.1, -0.05) is 37.3 Å². The molecular formula is C20H24N4O. The lowest BCUT2D eigenvalue weighted by molar-refractivity contribution is -0.121. The van der Waals surface area contributed by atoms with Crippen LogP contribution in [0.1, 0.15) is 43.2 Å². The molecular weight excluding hydrogens is 312 g/mol. The van der Waals surface area contributed by atoms with Gasteiger partial charge in [-0.25, -0.2) is 9.97 Å². The van der Waals surface area contributed by atoms with Crippen molar-refractivity contribution in [3.05, 3.63) is 53.9 Å². The van der Waals surface area contributed by atoms with Gasteiger partial charge < -0.3 is 10.2 Å². The van der Waals surface area contributed by atoms with E-state index in [1.807, 2.05) is 30.6 Å². The normalized spacial score (nSPS) is 22.2. The van der Waals surface area contributed by atoms with Crippen LogP contribution < -0.4 is 10.2 Å². The minimum atomic E-state index is -0.0720. The summed E-state index contributed by atoms with van der Waals surface area (Å²) in [6, 6.07) is 10.1. The summed E-state index contributed by atoms with van der Waals surface area (Å²) in [5, 5.41) is 3.30. The van der Waals surface area contributed by atoms with Crippen molar-refractivity contribution in [3.8, 4) is 0 Å². The quantitative estimate of drug-likeness (QED) is 0.936. The average molecular weight is 336 g/mol. The van der Waals surface area contributed by atoms with Crippen molar-refractivity contribution in [2.75, 3.05) is 18.0 Å². The summed E-state index contributed by atoms with van der Waals surface area (Å²) >= 11 is 0. The van der Waals surface area contributed by atoms with Gasteiger partial charge in [-0.3, -0.25) is 4.79 Å². The van der Waals surface area contributed by atoms with Crippen molar-refractivity contribution in [2.24, 2.45) is 0 Å². The Hall–Kier alpha value is -2.43. The summed E-state index contributed by atoms with van der Waals surface area (Å²) in [5.41, 5.74) is 2.21. The smallest absolute Gasteiger partial charge is 0.228 e. The molecule has 0 unspecified atom stereocenters. The first kappa shape index (κ1) is 16.1. The third-order valence-corrected chi connectivity index (χ3v) is 5.60. The molecule has 1 amide bonds. The van der Waals surface area contributed by atoms with Gasteiger partial charge in [-0.2, -0.15) is 0 Å². The van der Waals surface area contributed by atoms with Crippen molar-refractivity contribution >= 4 is 11.9 Å². The predicted molar refractivity (Wildman–Crippen MR) is 97.5 cm³/mol. The molecule has 2 aliphatic heterocycles. The number of hydrogen-bond donors (Lipinski definition) is 1. The topological polar surface area (TPSA) is 58.1 Å². The first-order valence-corrected chi connectivity index (χ1v) is 9.12. The molecule has 1 N–H and O–H groups in total. The van der Waals surface area contributed by atoms with E-state index in [1.165, 1.54) is 0 Å². The maximum atomic E-state index is 12.5. The highest BCUT2D eigenvalue weighted by atomic mass is 16.2. The van der Waals surface area contributed by atoms with Gasteiger partial charge in [0.05, 0.1) is 5.92 Å². The second kappa shape index (κ2) is 6.47. The Bertz CT molecular complexity index is 736. The molecule has 130 valence electrons. The highest BCUT2D eigenvalue weighted by Crippen LogP contribution is 2.39. The number of hydrogen-bond acceptors (Lipinski definition) is 4. The van der Waals surface area contributed by atoms with Crippen molar-refractivity contribution < 1.29 is 4.79 Å². The molecule has 4 rings (SSSR count). The number of rotatable bonds is 3. The fourth-order valence-electron chi connectivity index (χ4n) is 4.00. The van der Waals surface area contributed by atoms with Crippen LogP contribution >= 0.6 is 0 Å². The third kappa shape index (κ3) is 3.11. The van der Waals surface area contributed by atoms with Crippen molar-refractivity contribution in [1.82, 2.24) is 15.3 Å². The van der Waals surface area contributed by atoms with Gasteiger partial charge >= 0.3 is 0 Å². The maximum Gasteiger partial charge on any atom is 0.228 e. The van der Waals surface area contributed by atoms with Crippen LogP contribution in [-0.2, 0) is 11.2 Å². The van der Waals surface area contributed by atoms with Crippen LogP contribution in [0.2, 0.25) is 0 Å². The van der Waals surface area contributed by atoms with Gasteiger partial charge in [0.25, 0.3) is 0 Å². The lowest BCUT2D eigenvalue weighted by atomic mass is 9.82. The number of amides is 1. The fraction of sp³-hybridized carbons (Fsp3) is 0.450. The van der Waals surface area contributed by atoms with Gasteiger partial charge in [0.2, 0.25) is 11.9 Å². The minimum absolute atomic E-state index is 0.0205. The minimum Gasteiger partial charge on any atom is -0.350 e. The highest BCUT2D eigenvalue weighted by Gasteiger charge is 2.46. The van der Waals surface area contributed by atoms with Crippen LogP contribution in [0.3, 0.4) is 0 Å². The molecule has 0 bridgehead atoms. The molecule has 3 heterocycles. The molecule has 1 spiro atoms. The Morgan fingerprint density at radius 2 is 1.84 bits per heavy atom. The van der Waals surface area contributed by atoms with Gasteiger partial charge in [0.1, 0.15) is 0 Å². The molecule has 2 aromatic rings. The summed E-state index contributed by atoms with van der Waals surface area (Å²) in [4.78, 5) is 23.7. The van der Waals surface area contributed by atoms with E-state index in [-0.39, 0.29) is 17.4 Å². The Morgan fingerprint density at radius 3 is 2.48 bits per heavy atom. The van der Waals surface area contributed by atoms with Crippen molar-refractivity contribution in [3.63, 3.8) is 0 Å².